The summed E-state index contributed by atoms with van der Waals surface area (Å²) in [6, 6.07) is 3.94. The smallest absolute Gasteiger partial charge is 0.186 e. The van der Waals surface area contributed by atoms with Gasteiger partial charge < -0.3 is 10.6 Å². The molecule has 0 bridgehead atoms. The van der Waals surface area contributed by atoms with E-state index in [-0.39, 0.29) is 5.78 Å². The van der Waals surface area contributed by atoms with Gasteiger partial charge in [0.15, 0.2) is 5.78 Å². The molecule has 0 amide bonds. The highest BCUT2D eigenvalue weighted by Gasteiger charge is 2.15. The highest BCUT2D eigenvalue weighted by atomic mass is 32.1. The summed E-state index contributed by atoms with van der Waals surface area (Å²) < 4.78 is 0. The van der Waals surface area contributed by atoms with Gasteiger partial charge in [-0.15, -0.1) is 11.3 Å². The van der Waals surface area contributed by atoms with Crippen molar-refractivity contribution in [3.05, 3.63) is 21.9 Å². The average molecular weight is 269 g/mol. The van der Waals surface area contributed by atoms with Gasteiger partial charge in [0.2, 0.25) is 0 Å². The summed E-state index contributed by atoms with van der Waals surface area (Å²) in [5.41, 5.74) is 0. The van der Waals surface area contributed by atoms with Gasteiger partial charge in [-0.25, -0.2) is 0 Å². The molecule has 0 radical (unpaired) electrons. The predicted octanol–water partition coefficient (Wildman–Crippen LogP) is 0.980. The zero-order valence-electron chi connectivity index (χ0n) is 11.5. The van der Waals surface area contributed by atoms with Crippen LogP contribution in [0.2, 0.25) is 0 Å². The van der Waals surface area contributed by atoms with Crippen molar-refractivity contribution in [2.75, 3.05) is 46.8 Å². The van der Waals surface area contributed by atoms with Crippen LogP contribution in [0, 0.1) is 6.92 Å². The molecule has 2 heterocycles. The van der Waals surface area contributed by atoms with Gasteiger partial charge in [-0.3, -0.25) is 9.69 Å². The second-order valence-electron chi connectivity index (χ2n) is 4.36. The molecular weight excluding hydrogens is 246 g/mol. The molecule has 0 atom stereocenters. The van der Waals surface area contributed by atoms with E-state index in [0.29, 0.717) is 6.54 Å². The maximum absolute atomic E-state index is 11.9. The summed E-state index contributed by atoms with van der Waals surface area (Å²) in [5, 5.41) is 6.03. The van der Waals surface area contributed by atoms with Crippen LogP contribution in [0.4, 0.5) is 0 Å². The molecule has 1 aromatic rings. The van der Waals surface area contributed by atoms with E-state index in [1.165, 1.54) is 4.88 Å². The first kappa shape index (κ1) is 15.3. The number of nitrogens with zero attached hydrogens (tertiary/aromatic N) is 1. The fourth-order valence-electron chi connectivity index (χ4n) is 1.73. The number of Topliss-reactive ketones (excluding diaryl/α,β-unsaturated/α-hetero) is 1. The van der Waals surface area contributed by atoms with Crippen LogP contribution in [-0.4, -0.2) is 57.5 Å². The first-order chi connectivity index (χ1) is 8.67. The quantitative estimate of drug-likeness (QED) is 0.803. The highest BCUT2D eigenvalue weighted by molar-refractivity contribution is 7.14. The largest absolute Gasteiger partial charge is 0.323 e. The summed E-state index contributed by atoms with van der Waals surface area (Å²) in [4.78, 5) is 16.2. The third kappa shape index (κ3) is 5.27. The average Bonchev–Trinajstić information content (AvgIpc) is 2.78. The summed E-state index contributed by atoms with van der Waals surface area (Å²) in [7, 11) is 3.75. The number of carbonyl (C=O) groups excluding carboxylic acids is 1. The van der Waals surface area contributed by atoms with Crippen LogP contribution in [0.1, 0.15) is 14.5 Å². The second kappa shape index (κ2) is 8.37. The minimum Gasteiger partial charge on any atom is -0.323 e. The van der Waals surface area contributed by atoms with Crippen LogP contribution < -0.4 is 10.6 Å². The maximum Gasteiger partial charge on any atom is 0.186 e. The number of piperazine rings is 1. The standard InChI is InChI=1S/C11H16N2OS.C2H7N/c1-9-2-3-11(15-9)10(14)8-13-6-4-12-5-7-13;1-3-2/h2-3,12H,4-8H2,1H3;3H,1-2H3. The summed E-state index contributed by atoms with van der Waals surface area (Å²) >= 11 is 1.59. The van der Waals surface area contributed by atoms with E-state index in [0.717, 1.165) is 31.1 Å². The Labute approximate surface area is 113 Å². The Kier molecular flexibility index (Phi) is 7.12. The van der Waals surface area contributed by atoms with Crippen LogP contribution in [0.5, 0.6) is 0 Å². The molecule has 1 aliphatic heterocycles. The Morgan fingerprint density at radius 1 is 1.39 bits per heavy atom. The first-order valence-electron chi connectivity index (χ1n) is 6.28. The number of carbonyl (C=O) groups is 1. The Bertz CT molecular complexity index is 359. The minimum absolute atomic E-state index is 0.259. The number of ketones is 1. The third-order valence-electron chi connectivity index (χ3n) is 2.59. The number of thiophene rings is 1. The summed E-state index contributed by atoms with van der Waals surface area (Å²) in [6.07, 6.45) is 0. The molecule has 0 spiro atoms. The molecule has 102 valence electrons. The monoisotopic (exact) mass is 269 g/mol. The zero-order chi connectivity index (χ0) is 13.4. The molecule has 1 saturated heterocycles. The van der Waals surface area contributed by atoms with E-state index >= 15 is 0 Å². The van der Waals surface area contributed by atoms with Crippen molar-refractivity contribution >= 4 is 17.1 Å². The van der Waals surface area contributed by atoms with Gasteiger partial charge in [-0.2, -0.15) is 0 Å². The molecule has 2 rings (SSSR count). The number of nitrogens with one attached hydrogen (secondary N) is 2. The molecule has 0 aliphatic carbocycles. The van der Waals surface area contributed by atoms with E-state index in [2.05, 4.69) is 15.5 Å². The number of hydrogen-bond acceptors (Lipinski definition) is 5. The van der Waals surface area contributed by atoms with Crippen molar-refractivity contribution < 1.29 is 4.79 Å². The van der Waals surface area contributed by atoms with Crippen LogP contribution in [0.3, 0.4) is 0 Å². The second-order valence-corrected chi connectivity index (χ2v) is 5.65. The summed E-state index contributed by atoms with van der Waals surface area (Å²) in [5.74, 6) is 0.259. The van der Waals surface area contributed by atoms with E-state index in [1.54, 1.807) is 11.3 Å². The van der Waals surface area contributed by atoms with Gasteiger partial charge in [-0.05, 0) is 33.2 Å². The van der Waals surface area contributed by atoms with Gasteiger partial charge in [0.1, 0.15) is 0 Å². The third-order valence-corrected chi connectivity index (χ3v) is 3.63. The lowest BCUT2D eigenvalue weighted by molar-refractivity contribution is 0.0925. The van der Waals surface area contributed by atoms with Gasteiger partial charge >= 0.3 is 0 Å². The van der Waals surface area contributed by atoms with E-state index in [4.69, 9.17) is 0 Å². The normalized spacial score (nSPS) is 15.9. The van der Waals surface area contributed by atoms with Gasteiger partial charge in [0.05, 0.1) is 11.4 Å². The first-order valence-corrected chi connectivity index (χ1v) is 7.10. The van der Waals surface area contributed by atoms with Crippen LogP contribution in [0.25, 0.3) is 0 Å². The Hall–Kier alpha value is -0.750. The predicted molar refractivity (Wildman–Crippen MR) is 77.7 cm³/mol. The van der Waals surface area contributed by atoms with Crippen LogP contribution in [0.15, 0.2) is 12.1 Å². The molecule has 0 aromatic carbocycles. The molecule has 0 saturated carbocycles. The molecule has 0 unspecified atom stereocenters. The molecule has 5 heteroatoms. The van der Waals surface area contributed by atoms with E-state index in [1.807, 2.05) is 33.2 Å². The molecule has 1 aromatic heterocycles. The van der Waals surface area contributed by atoms with Crippen LogP contribution in [-0.2, 0) is 0 Å². The van der Waals surface area contributed by atoms with E-state index < -0.39 is 0 Å². The molecule has 1 aliphatic rings. The lowest BCUT2D eigenvalue weighted by atomic mass is 10.2. The van der Waals surface area contributed by atoms with Crippen molar-refractivity contribution in [3.63, 3.8) is 0 Å². The van der Waals surface area contributed by atoms with Gasteiger partial charge in [0.25, 0.3) is 0 Å². The molecule has 2 N–H and O–H groups in total. The zero-order valence-corrected chi connectivity index (χ0v) is 12.3. The number of aryl methyl sites for hydroxylation is 1. The molecule has 18 heavy (non-hydrogen) atoms. The lowest BCUT2D eigenvalue weighted by Crippen LogP contribution is -2.45. The van der Waals surface area contributed by atoms with Crippen molar-refractivity contribution in [1.29, 1.82) is 0 Å². The van der Waals surface area contributed by atoms with Crippen LogP contribution >= 0.6 is 11.3 Å². The SMILES string of the molecule is CNC.Cc1ccc(C(=O)CN2CCNCC2)s1. The van der Waals surface area contributed by atoms with E-state index in [9.17, 15) is 4.79 Å². The lowest BCUT2D eigenvalue weighted by Gasteiger charge is -2.26. The fraction of sp³-hybridized carbons (Fsp3) is 0.615. The molecule has 1 fully saturated rings. The Morgan fingerprint density at radius 2 is 2.00 bits per heavy atom. The molecule has 4 nitrogen and oxygen atoms in total. The van der Waals surface area contributed by atoms with Crippen molar-refractivity contribution in [1.82, 2.24) is 15.5 Å². The fourth-order valence-corrected chi connectivity index (χ4v) is 2.53. The number of rotatable bonds is 3. The summed E-state index contributed by atoms with van der Waals surface area (Å²) in [6.45, 7) is 6.56. The number of hydrogen-bond donors (Lipinski definition) is 2. The van der Waals surface area contributed by atoms with Crippen molar-refractivity contribution in [3.8, 4) is 0 Å². The van der Waals surface area contributed by atoms with Gasteiger partial charge in [0, 0.05) is 31.1 Å². The topological polar surface area (TPSA) is 44.4 Å². The maximum atomic E-state index is 11.9. The Balaban J connectivity index is 0.000000492. The van der Waals surface area contributed by atoms with Crippen molar-refractivity contribution in [2.45, 2.75) is 6.92 Å². The molecular formula is C13H23N3OS. The Morgan fingerprint density at radius 3 is 2.50 bits per heavy atom. The minimum atomic E-state index is 0.259. The van der Waals surface area contributed by atoms with Gasteiger partial charge in [-0.1, -0.05) is 0 Å². The highest BCUT2D eigenvalue weighted by Crippen LogP contribution is 2.16. The van der Waals surface area contributed by atoms with Crippen molar-refractivity contribution in [2.24, 2.45) is 0 Å².